The average molecular weight is 169 g/mol. The highest BCUT2D eigenvalue weighted by Gasteiger charge is 2.13. The van der Waals surface area contributed by atoms with Crippen molar-refractivity contribution in [3.05, 3.63) is 11.7 Å². The first kappa shape index (κ1) is 9.19. The molecule has 4 nitrogen and oxygen atoms in total. The lowest BCUT2D eigenvalue weighted by atomic mass is 10.2. The van der Waals surface area contributed by atoms with Crippen LogP contribution in [0.4, 0.5) is 0 Å². The van der Waals surface area contributed by atoms with Crippen molar-refractivity contribution in [1.29, 1.82) is 0 Å². The van der Waals surface area contributed by atoms with Gasteiger partial charge in [0.1, 0.15) is 0 Å². The standard InChI is InChI=1S/C8H15N3O/c1-4-7(9-5-2)8-10-6(3)11-12-8/h7,9H,4-5H2,1-3H3/t7-/m0/s1. The van der Waals surface area contributed by atoms with E-state index < -0.39 is 0 Å². The van der Waals surface area contributed by atoms with E-state index in [1.807, 2.05) is 6.92 Å². The molecule has 1 rings (SSSR count). The molecule has 0 saturated heterocycles. The summed E-state index contributed by atoms with van der Waals surface area (Å²) in [6.07, 6.45) is 0.968. The van der Waals surface area contributed by atoms with E-state index in [9.17, 15) is 0 Å². The van der Waals surface area contributed by atoms with Crippen LogP contribution in [-0.4, -0.2) is 16.7 Å². The van der Waals surface area contributed by atoms with Crippen molar-refractivity contribution in [2.75, 3.05) is 6.54 Å². The predicted molar refractivity (Wildman–Crippen MR) is 45.7 cm³/mol. The second-order valence-corrected chi connectivity index (χ2v) is 2.70. The molecular weight excluding hydrogens is 154 g/mol. The molecule has 0 aliphatic rings. The Kier molecular flexibility index (Phi) is 3.22. The molecule has 0 spiro atoms. The SMILES string of the molecule is CCN[C@@H](CC)c1nc(C)no1. The Bertz CT molecular complexity index is 234. The minimum Gasteiger partial charge on any atom is -0.338 e. The van der Waals surface area contributed by atoms with Crippen molar-refractivity contribution in [1.82, 2.24) is 15.5 Å². The van der Waals surface area contributed by atoms with E-state index in [0.717, 1.165) is 13.0 Å². The molecule has 1 atom stereocenters. The third-order valence-corrected chi connectivity index (χ3v) is 1.70. The first-order valence-electron chi connectivity index (χ1n) is 4.31. The molecule has 0 aliphatic heterocycles. The maximum absolute atomic E-state index is 5.05. The Morgan fingerprint density at radius 1 is 1.50 bits per heavy atom. The van der Waals surface area contributed by atoms with Gasteiger partial charge in [-0.2, -0.15) is 4.98 Å². The molecule has 0 saturated carbocycles. The molecule has 1 N–H and O–H groups in total. The molecule has 0 bridgehead atoms. The van der Waals surface area contributed by atoms with Gasteiger partial charge in [-0.1, -0.05) is 19.0 Å². The second kappa shape index (κ2) is 4.21. The van der Waals surface area contributed by atoms with Crippen LogP contribution in [0, 0.1) is 6.92 Å². The lowest BCUT2D eigenvalue weighted by Gasteiger charge is -2.09. The Morgan fingerprint density at radius 2 is 2.25 bits per heavy atom. The van der Waals surface area contributed by atoms with Crippen molar-refractivity contribution >= 4 is 0 Å². The summed E-state index contributed by atoms with van der Waals surface area (Å²) in [6, 6.07) is 0.205. The summed E-state index contributed by atoms with van der Waals surface area (Å²) < 4.78 is 5.05. The van der Waals surface area contributed by atoms with E-state index >= 15 is 0 Å². The molecule has 0 aliphatic carbocycles. The zero-order valence-corrected chi connectivity index (χ0v) is 7.79. The largest absolute Gasteiger partial charge is 0.338 e. The van der Waals surface area contributed by atoms with Gasteiger partial charge >= 0.3 is 0 Å². The van der Waals surface area contributed by atoms with Gasteiger partial charge in [0, 0.05) is 0 Å². The molecule has 1 aromatic rings. The summed E-state index contributed by atoms with van der Waals surface area (Å²) in [6.45, 7) is 6.89. The zero-order chi connectivity index (χ0) is 8.97. The minimum absolute atomic E-state index is 0.205. The van der Waals surface area contributed by atoms with Crippen LogP contribution in [0.2, 0.25) is 0 Å². The highest BCUT2D eigenvalue weighted by molar-refractivity contribution is 4.90. The van der Waals surface area contributed by atoms with Crippen molar-refractivity contribution in [2.45, 2.75) is 33.2 Å². The van der Waals surface area contributed by atoms with Crippen LogP contribution in [0.3, 0.4) is 0 Å². The Morgan fingerprint density at radius 3 is 2.67 bits per heavy atom. The fraction of sp³-hybridized carbons (Fsp3) is 0.750. The van der Waals surface area contributed by atoms with Crippen molar-refractivity contribution in [2.24, 2.45) is 0 Å². The van der Waals surface area contributed by atoms with Crippen LogP contribution in [0.25, 0.3) is 0 Å². The molecule has 1 heterocycles. The van der Waals surface area contributed by atoms with Gasteiger partial charge in [0.2, 0.25) is 5.89 Å². The lowest BCUT2D eigenvalue weighted by molar-refractivity contribution is 0.326. The number of rotatable bonds is 4. The highest BCUT2D eigenvalue weighted by atomic mass is 16.5. The molecule has 0 amide bonds. The molecule has 0 unspecified atom stereocenters. The molecule has 68 valence electrons. The van der Waals surface area contributed by atoms with E-state index in [1.165, 1.54) is 0 Å². The Balaban J connectivity index is 2.66. The number of aromatic nitrogens is 2. The normalized spacial score (nSPS) is 13.2. The van der Waals surface area contributed by atoms with E-state index in [4.69, 9.17) is 4.52 Å². The summed E-state index contributed by atoms with van der Waals surface area (Å²) in [5, 5.41) is 7.01. The van der Waals surface area contributed by atoms with Crippen LogP contribution < -0.4 is 5.32 Å². The predicted octanol–water partition coefficient (Wildman–Crippen LogP) is 1.44. The van der Waals surface area contributed by atoms with E-state index in [1.54, 1.807) is 0 Å². The minimum atomic E-state index is 0.205. The van der Waals surface area contributed by atoms with Crippen LogP contribution in [0.1, 0.15) is 38.0 Å². The van der Waals surface area contributed by atoms with Crippen LogP contribution in [0.15, 0.2) is 4.52 Å². The first-order chi connectivity index (χ1) is 5.77. The quantitative estimate of drug-likeness (QED) is 0.741. The van der Waals surface area contributed by atoms with Crippen LogP contribution in [0.5, 0.6) is 0 Å². The van der Waals surface area contributed by atoms with E-state index in [-0.39, 0.29) is 6.04 Å². The lowest BCUT2D eigenvalue weighted by Crippen LogP contribution is -2.20. The fourth-order valence-electron chi connectivity index (χ4n) is 1.11. The van der Waals surface area contributed by atoms with Gasteiger partial charge in [-0.25, -0.2) is 0 Å². The van der Waals surface area contributed by atoms with Gasteiger partial charge in [0.15, 0.2) is 5.82 Å². The van der Waals surface area contributed by atoms with Crippen molar-refractivity contribution < 1.29 is 4.52 Å². The van der Waals surface area contributed by atoms with Gasteiger partial charge in [-0.05, 0) is 19.9 Å². The monoisotopic (exact) mass is 169 g/mol. The molecule has 1 aromatic heterocycles. The Hall–Kier alpha value is -0.900. The van der Waals surface area contributed by atoms with Crippen LogP contribution >= 0.6 is 0 Å². The molecule has 0 radical (unpaired) electrons. The highest BCUT2D eigenvalue weighted by Crippen LogP contribution is 2.13. The van der Waals surface area contributed by atoms with Gasteiger partial charge in [-0.3, -0.25) is 0 Å². The number of aryl methyl sites for hydroxylation is 1. The van der Waals surface area contributed by atoms with Gasteiger partial charge in [0.25, 0.3) is 0 Å². The van der Waals surface area contributed by atoms with Crippen molar-refractivity contribution in [3.8, 4) is 0 Å². The Labute approximate surface area is 72.4 Å². The number of nitrogens with one attached hydrogen (secondary N) is 1. The summed E-state index contributed by atoms with van der Waals surface area (Å²) in [5.41, 5.74) is 0. The maximum atomic E-state index is 5.05. The number of nitrogens with zero attached hydrogens (tertiary/aromatic N) is 2. The summed E-state index contributed by atoms with van der Waals surface area (Å²) in [5.74, 6) is 1.39. The average Bonchev–Trinajstić information content (AvgIpc) is 2.47. The molecule has 12 heavy (non-hydrogen) atoms. The van der Waals surface area contributed by atoms with E-state index in [0.29, 0.717) is 11.7 Å². The molecule has 0 fully saturated rings. The first-order valence-corrected chi connectivity index (χ1v) is 4.31. The van der Waals surface area contributed by atoms with Gasteiger partial charge in [0.05, 0.1) is 6.04 Å². The summed E-state index contributed by atoms with van der Waals surface area (Å²) >= 11 is 0. The van der Waals surface area contributed by atoms with Crippen LogP contribution in [-0.2, 0) is 0 Å². The van der Waals surface area contributed by atoms with E-state index in [2.05, 4.69) is 29.3 Å². The number of hydrogen-bond donors (Lipinski definition) is 1. The number of hydrogen-bond acceptors (Lipinski definition) is 4. The van der Waals surface area contributed by atoms with Crippen molar-refractivity contribution in [3.63, 3.8) is 0 Å². The van der Waals surface area contributed by atoms with Gasteiger partial charge < -0.3 is 9.84 Å². The smallest absolute Gasteiger partial charge is 0.243 e. The zero-order valence-electron chi connectivity index (χ0n) is 7.79. The second-order valence-electron chi connectivity index (χ2n) is 2.70. The van der Waals surface area contributed by atoms with Gasteiger partial charge in [-0.15, -0.1) is 0 Å². The molecule has 4 heteroatoms. The molecule has 0 aromatic carbocycles. The maximum Gasteiger partial charge on any atom is 0.243 e. The topological polar surface area (TPSA) is 51.0 Å². The third-order valence-electron chi connectivity index (χ3n) is 1.70. The summed E-state index contributed by atoms with van der Waals surface area (Å²) in [7, 11) is 0. The fourth-order valence-corrected chi connectivity index (χ4v) is 1.11. The third kappa shape index (κ3) is 2.04. The summed E-state index contributed by atoms with van der Waals surface area (Å²) in [4.78, 5) is 4.16. The molecular formula is C8H15N3O.